The first-order chi connectivity index (χ1) is 11.6. The van der Waals surface area contributed by atoms with Crippen molar-refractivity contribution in [1.82, 2.24) is 4.90 Å². The molecule has 0 unspecified atom stereocenters. The van der Waals surface area contributed by atoms with Crippen molar-refractivity contribution >= 4 is 5.69 Å². The number of para-hydroxylation sites is 2. The van der Waals surface area contributed by atoms with Crippen LogP contribution in [0.3, 0.4) is 0 Å². The van der Waals surface area contributed by atoms with Crippen LogP contribution in [0.1, 0.15) is 11.1 Å². The van der Waals surface area contributed by atoms with E-state index in [1.54, 1.807) is 18.2 Å². The van der Waals surface area contributed by atoms with Crippen LogP contribution in [0.5, 0.6) is 5.75 Å². The van der Waals surface area contributed by atoms with Gasteiger partial charge >= 0.3 is 5.69 Å². The Morgan fingerprint density at radius 3 is 2.67 bits per heavy atom. The van der Waals surface area contributed by atoms with Gasteiger partial charge in [-0.25, -0.2) is 0 Å². The molecule has 6 heteroatoms. The van der Waals surface area contributed by atoms with Crippen molar-refractivity contribution in [3.63, 3.8) is 0 Å². The highest BCUT2D eigenvalue weighted by molar-refractivity contribution is 5.45. The molecule has 1 N–H and O–H groups in total. The van der Waals surface area contributed by atoms with Gasteiger partial charge in [0, 0.05) is 25.7 Å². The van der Waals surface area contributed by atoms with E-state index in [9.17, 15) is 15.2 Å². The number of hydrogen-bond acceptors (Lipinski definition) is 5. The number of aliphatic hydroxyl groups excluding tert-OH is 1. The maximum atomic E-state index is 11.0. The number of nitrogens with zero attached hydrogens (tertiary/aromatic N) is 2. The van der Waals surface area contributed by atoms with Gasteiger partial charge < -0.3 is 9.84 Å². The highest BCUT2D eigenvalue weighted by Crippen LogP contribution is 2.26. The molecule has 1 atom stereocenters. The van der Waals surface area contributed by atoms with Crippen LogP contribution < -0.4 is 4.74 Å². The van der Waals surface area contributed by atoms with E-state index >= 15 is 0 Å². The summed E-state index contributed by atoms with van der Waals surface area (Å²) in [6, 6.07) is 14.5. The standard InChI is InChI=1S/C18H20N2O4/c21-16(13-24-18-8-4-3-7-17(18)20(22)23)12-19-10-9-14-5-1-2-6-15(14)11-19/h1-8,16,21H,9-13H2/t16-/m1/s1. The molecule has 0 aliphatic carbocycles. The molecule has 0 fully saturated rings. The van der Waals surface area contributed by atoms with E-state index in [-0.39, 0.29) is 18.0 Å². The average Bonchev–Trinajstić information content (AvgIpc) is 2.60. The van der Waals surface area contributed by atoms with Crippen LogP contribution in [0.25, 0.3) is 0 Å². The zero-order chi connectivity index (χ0) is 16.9. The minimum atomic E-state index is -0.699. The molecule has 1 aliphatic rings. The third-order valence-electron chi connectivity index (χ3n) is 4.17. The van der Waals surface area contributed by atoms with E-state index in [2.05, 4.69) is 17.0 Å². The fourth-order valence-electron chi connectivity index (χ4n) is 2.98. The van der Waals surface area contributed by atoms with Crippen molar-refractivity contribution in [3.8, 4) is 5.75 Å². The van der Waals surface area contributed by atoms with Crippen molar-refractivity contribution in [2.75, 3.05) is 19.7 Å². The summed E-state index contributed by atoms with van der Waals surface area (Å²) in [6.45, 7) is 2.20. The Morgan fingerprint density at radius 1 is 1.17 bits per heavy atom. The maximum absolute atomic E-state index is 11.0. The lowest BCUT2D eigenvalue weighted by Crippen LogP contribution is -2.38. The van der Waals surface area contributed by atoms with Gasteiger partial charge in [-0.2, -0.15) is 0 Å². The number of aliphatic hydroxyl groups is 1. The molecule has 0 radical (unpaired) electrons. The molecule has 3 rings (SSSR count). The van der Waals surface area contributed by atoms with Crippen molar-refractivity contribution in [1.29, 1.82) is 0 Å². The summed E-state index contributed by atoms with van der Waals surface area (Å²) in [5.74, 6) is 0.186. The van der Waals surface area contributed by atoms with E-state index < -0.39 is 11.0 Å². The molecule has 2 aromatic carbocycles. The third-order valence-corrected chi connectivity index (χ3v) is 4.17. The highest BCUT2D eigenvalue weighted by Gasteiger charge is 2.20. The lowest BCUT2D eigenvalue weighted by Gasteiger charge is -2.30. The summed E-state index contributed by atoms with van der Waals surface area (Å²) < 4.78 is 5.45. The number of rotatable bonds is 6. The monoisotopic (exact) mass is 328 g/mol. The SMILES string of the molecule is O=[N+]([O-])c1ccccc1OC[C@H](O)CN1CCc2ccccc2C1. The summed E-state index contributed by atoms with van der Waals surface area (Å²) in [7, 11) is 0. The topological polar surface area (TPSA) is 75.8 Å². The van der Waals surface area contributed by atoms with Gasteiger partial charge in [-0.05, 0) is 23.6 Å². The first kappa shape index (κ1) is 16.4. The van der Waals surface area contributed by atoms with Crippen molar-refractivity contribution < 1.29 is 14.8 Å². The van der Waals surface area contributed by atoms with Gasteiger partial charge in [0.1, 0.15) is 12.7 Å². The van der Waals surface area contributed by atoms with Crippen molar-refractivity contribution in [2.45, 2.75) is 19.1 Å². The van der Waals surface area contributed by atoms with Crippen molar-refractivity contribution in [2.24, 2.45) is 0 Å². The van der Waals surface area contributed by atoms with E-state index in [4.69, 9.17) is 4.74 Å². The number of fused-ring (bicyclic) bond motifs is 1. The molecule has 0 saturated carbocycles. The third kappa shape index (κ3) is 3.90. The Balaban J connectivity index is 1.54. The van der Waals surface area contributed by atoms with Crippen LogP contribution in [0.2, 0.25) is 0 Å². The number of ether oxygens (including phenoxy) is 1. The van der Waals surface area contributed by atoms with Crippen LogP contribution in [0, 0.1) is 10.1 Å². The normalized spacial score (nSPS) is 15.5. The number of hydrogen-bond donors (Lipinski definition) is 1. The second-order valence-corrected chi connectivity index (χ2v) is 5.94. The smallest absolute Gasteiger partial charge is 0.310 e. The number of benzene rings is 2. The van der Waals surface area contributed by atoms with E-state index in [1.807, 2.05) is 12.1 Å². The second kappa shape index (κ2) is 7.42. The van der Waals surface area contributed by atoms with Gasteiger partial charge in [-0.3, -0.25) is 15.0 Å². The zero-order valence-corrected chi connectivity index (χ0v) is 13.3. The molecule has 24 heavy (non-hydrogen) atoms. The van der Waals surface area contributed by atoms with Crippen LogP contribution in [-0.4, -0.2) is 40.7 Å². The van der Waals surface area contributed by atoms with Crippen LogP contribution in [0.4, 0.5) is 5.69 Å². The van der Waals surface area contributed by atoms with Gasteiger partial charge in [-0.15, -0.1) is 0 Å². The summed E-state index contributed by atoms with van der Waals surface area (Å²) in [6.07, 6.45) is 0.267. The van der Waals surface area contributed by atoms with Crippen LogP contribution in [0.15, 0.2) is 48.5 Å². The van der Waals surface area contributed by atoms with Crippen LogP contribution >= 0.6 is 0 Å². The number of β-amino-alcohol motifs (C(OH)–C–C–N with tert-alkyl or cyclic N) is 1. The Bertz CT molecular complexity index is 720. The average molecular weight is 328 g/mol. The molecule has 6 nitrogen and oxygen atoms in total. The van der Waals surface area contributed by atoms with Gasteiger partial charge in [-0.1, -0.05) is 36.4 Å². The van der Waals surface area contributed by atoms with E-state index in [0.29, 0.717) is 6.54 Å². The Kier molecular flexibility index (Phi) is 5.08. The molecule has 2 aromatic rings. The number of nitro groups is 1. The van der Waals surface area contributed by atoms with Gasteiger partial charge in [0.25, 0.3) is 0 Å². The molecule has 0 bridgehead atoms. The quantitative estimate of drug-likeness (QED) is 0.651. The van der Waals surface area contributed by atoms with Crippen LogP contribution in [-0.2, 0) is 13.0 Å². The Morgan fingerprint density at radius 2 is 1.88 bits per heavy atom. The molecule has 0 saturated heterocycles. The van der Waals surface area contributed by atoms with E-state index in [1.165, 1.54) is 17.2 Å². The summed E-state index contributed by atoms with van der Waals surface area (Å²) >= 11 is 0. The molecular formula is C18H20N2O4. The Hall–Kier alpha value is -2.44. The predicted molar refractivity (Wildman–Crippen MR) is 90.0 cm³/mol. The minimum absolute atomic E-state index is 0.0308. The fourth-order valence-corrected chi connectivity index (χ4v) is 2.98. The molecule has 0 amide bonds. The lowest BCUT2D eigenvalue weighted by molar-refractivity contribution is -0.385. The lowest BCUT2D eigenvalue weighted by atomic mass is 10.00. The van der Waals surface area contributed by atoms with Crippen molar-refractivity contribution in [3.05, 3.63) is 69.8 Å². The summed E-state index contributed by atoms with van der Waals surface area (Å²) in [5.41, 5.74) is 2.56. The molecule has 1 heterocycles. The Labute approximate surface area is 140 Å². The maximum Gasteiger partial charge on any atom is 0.310 e. The minimum Gasteiger partial charge on any atom is -0.484 e. The number of nitro benzene ring substituents is 1. The van der Waals surface area contributed by atoms with E-state index in [0.717, 1.165) is 19.5 Å². The predicted octanol–water partition coefficient (Wildman–Crippen LogP) is 2.39. The molecule has 126 valence electrons. The zero-order valence-electron chi connectivity index (χ0n) is 13.3. The second-order valence-electron chi connectivity index (χ2n) is 5.94. The summed E-state index contributed by atoms with van der Waals surface area (Å²) in [5, 5.41) is 21.2. The summed E-state index contributed by atoms with van der Waals surface area (Å²) in [4.78, 5) is 12.6. The highest BCUT2D eigenvalue weighted by atomic mass is 16.6. The first-order valence-electron chi connectivity index (χ1n) is 7.97. The molecular weight excluding hydrogens is 308 g/mol. The first-order valence-corrected chi connectivity index (χ1v) is 7.97. The largest absolute Gasteiger partial charge is 0.484 e. The molecule has 0 spiro atoms. The molecule has 0 aromatic heterocycles. The molecule has 1 aliphatic heterocycles. The fraction of sp³-hybridized carbons (Fsp3) is 0.333. The van der Waals surface area contributed by atoms with Gasteiger partial charge in [0.15, 0.2) is 5.75 Å². The van der Waals surface area contributed by atoms with Gasteiger partial charge in [0.05, 0.1) is 4.92 Å². The van der Waals surface area contributed by atoms with Gasteiger partial charge in [0.2, 0.25) is 0 Å².